The van der Waals surface area contributed by atoms with E-state index in [1.807, 2.05) is 17.5 Å². The molecule has 2 rings (SSSR count). The van der Waals surface area contributed by atoms with Crippen molar-refractivity contribution in [2.45, 2.75) is 25.7 Å². The average molecular weight is 242 g/mol. The van der Waals surface area contributed by atoms with Crippen molar-refractivity contribution >= 4 is 23.1 Å². The highest BCUT2D eigenvalue weighted by atomic mass is 32.2. The second-order valence-electron chi connectivity index (χ2n) is 4.05. The van der Waals surface area contributed by atoms with Crippen molar-refractivity contribution in [3.63, 3.8) is 0 Å². The van der Waals surface area contributed by atoms with Gasteiger partial charge < -0.3 is 5.73 Å². The van der Waals surface area contributed by atoms with Crippen molar-refractivity contribution in [1.29, 1.82) is 0 Å². The first-order valence-corrected chi connectivity index (χ1v) is 7.57. The molecule has 0 bridgehead atoms. The van der Waals surface area contributed by atoms with Gasteiger partial charge in [-0.25, -0.2) is 4.98 Å². The number of hydrogen-bond acceptors (Lipinski definition) is 4. The second kappa shape index (κ2) is 5.87. The smallest absolute Gasteiger partial charge is 0.0930 e. The molecule has 1 fully saturated rings. The lowest BCUT2D eigenvalue weighted by Gasteiger charge is -2.19. The summed E-state index contributed by atoms with van der Waals surface area (Å²) in [6, 6.07) is 0. The molecule has 1 aromatic heterocycles. The molecule has 0 saturated carbocycles. The fourth-order valence-corrected chi connectivity index (χ4v) is 4.12. The Labute approximate surface area is 99.7 Å². The highest BCUT2D eigenvalue weighted by Crippen LogP contribution is 2.27. The lowest BCUT2D eigenvalue weighted by atomic mass is 10.0. The zero-order chi connectivity index (χ0) is 10.5. The third kappa shape index (κ3) is 3.47. The Morgan fingerprint density at radius 1 is 1.53 bits per heavy atom. The molecule has 2 N–H and O–H groups in total. The average Bonchev–Trinajstić information content (AvgIpc) is 2.68. The predicted octanol–water partition coefficient (Wildman–Crippen LogP) is 2.33. The van der Waals surface area contributed by atoms with Crippen LogP contribution >= 0.6 is 23.1 Å². The second-order valence-corrected chi connectivity index (χ2v) is 6.40. The Balaban J connectivity index is 1.86. The van der Waals surface area contributed by atoms with Gasteiger partial charge in [-0.15, -0.1) is 11.3 Å². The predicted molar refractivity (Wildman–Crippen MR) is 68.6 cm³/mol. The fourth-order valence-electron chi connectivity index (χ4n) is 1.92. The third-order valence-electron chi connectivity index (χ3n) is 2.71. The molecule has 1 unspecified atom stereocenters. The lowest BCUT2D eigenvalue weighted by molar-refractivity contribution is 0.520. The summed E-state index contributed by atoms with van der Waals surface area (Å²) in [6.45, 7) is 0.737. The van der Waals surface area contributed by atoms with E-state index in [2.05, 4.69) is 16.7 Å². The number of hydrogen-bond donors (Lipinski definition) is 1. The lowest BCUT2D eigenvalue weighted by Crippen LogP contribution is -2.12. The summed E-state index contributed by atoms with van der Waals surface area (Å²) in [5, 5.41) is 1.31. The van der Waals surface area contributed by atoms with E-state index in [1.54, 1.807) is 0 Å². The van der Waals surface area contributed by atoms with Gasteiger partial charge in [0.05, 0.1) is 5.01 Å². The van der Waals surface area contributed by atoms with E-state index in [0.717, 1.165) is 18.9 Å². The molecule has 15 heavy (non-hydrogen) atoms. The molecule has 0 spiro atoms. The highest BCUT2D eigenvalue weighted by molar-refractivity contribution is 7.99. The zero-order valence-electron chi connectivity index (χ0n) is 8.95. The molecular weight excluding hydrogens is 224 g/mol. The number of rotatable bonds is 4. The van der Waals surface area contributed by atoms with Crippen LogP contribution in [0.5, 0.6) is 0 Å². The van der Waals surface area contributed by atoms with Gasteiger partial charge in [0.15, 0.2) is 0 Å². The molecule has 1 aromatic rings. The van der Waals surface area contributed by atoms with Gasteiger partial charge in [-0.05, 0) is 43.2 Å². The number of aromatic nitrogens is 1. The third-order valence-corrected chi connectivity index (χ3v) is 5.07. The van der Waals surface area contributed by atoms with Gasteiger partial charge in [0.1, 0.15) is 0 Å². The molecule has 2 nitrogen and oxygen atoms in total. The van der Waals surface area contributed by atoms with Gasteiger partial charge in [0.25, 0.3) is 0 Å². The summed E-state index contributed by atoms with van der Waals surface area (Å²) in [6.07, 6.45) is 6.94. The van der Waals surface area contributed by atoms with Crippen molar-refractivity contribution < 1.29 is 0 Å². The van der Waals surface area contributed by atoms with Gasteiger partial charge in [-0.2, -0.15) is 11.8 Å². The maximum absolute atomic E-state index is 5.53. The summed E-state index contributed by atoms with van der Waals surface area (Å²) >= 11 is 3.95. The van der Waals surface area contributed by atoms with Gasteiger partial charge in [-0.3, -0.25) is 0 Å². The van der Waals surface area contributed by atoms with Crippen molar-refractivity contribution in [3.05, 3.63) is 16.1 Å². The molecule has 0 aromatic carbocycles. The SMILES string of the molecule is NCCc1cnc(CC2CCCSC2)s1. The zero-order valence-corrected chi connectivity index (χ0v) is 10.6. The van der Waals surface area contributed by atoms with Crippen LogP contribution in [-0.2, 0) is 12.8 Å². The molecule has 0 aliphatic carbocycles. The van der Waals surface area contributed by atoms with Crippen LogP contribution in [0.1, 0.15) is 22.7 Å². The van der Waals surface area contributed by atoms with Crippen molar-refractivity contribution in [1.82, 2.24) is 4.98 Å². The molecular formula is C11H18N2S2. The Kier molecular flexibility index (Phi) is 4.47. The number of nitrogens with two attached hydrogens (primary N) is 1. The summed E-state index contributed by atoms with van der Waals surface area (Å²) < 4.78 is 0. The van der Waals surface area contributed by atoms with Crippen molar-refractivity contribution in [2.24, 2.45) is 11.7 Å². The minimum absolute atomic E-state index is 0.737. The van der Waals surface area contributed by atoms with E-state index < -0.39 is 0 Å². The van der Waals surface area contributed by atoms with E-state index in [1.165, 1.54) is 40.7 Å². The van der Waals surface area contributed by atoms with Crippen molar-refractivity contribution in [2.75, 3.05) is 18.1 Å². The van der Waals surface area contributed by atoms with Gasteiger partial charge in [0.2, 0.25) is 0 Å². The van der Waals surface area contributed by atoms with E-state index in [9.17, 15) is 0 Å². The Morgan fingerprint density at radius 3 is 3.20 bits per heavy atom. The number of nitrogens with zero attached hydrogens (tertiary/aromatic N) is 1. The van der Waals surface area contributed by atoms with Crippen LogP contribution in [0, 0.1) is 5.92 Å². The molecule has 1 aliphatic heterocycles. The van der Waals surface area contributed by atoms with Gasteiger partial charge >= 0.3 is 0 Å². The summed E-state index contributed by atoms with van der Waals surface area (Å²) in [4.78, 5) is 5.83. The molecule has 4 heteroatoms. The molecule has 1 atom stereocenters. The standard InChI is InChI=1S/C11H18N2S2/c12-4-3-10-7-13-11(15-10)6-9-2-1-5-14-8-9/h7,9H,1-6,8,12H2. The number of thiazole rings is 1. The van der Waals surface area contributed by atoms with Crippen LogP contribution in [0.3, 0.4) is 0 Å². The van der Waals surface area contributed by atoms with Crippen LogP contribution in [0.15, 0.2) is 6.20 Å². The first kappa shape index (κ1) is 11.4. The summed E-state index contributed by atoms with van der Waals surface area (Å²) in [7, 11) is 0. The van der Waals surface area contributed by atoms with Gasteiger partial charge in [0, 0.05) is 17.5 Å². The van der Waals surface area contributed by atoms with Crippen LogP contribution in [0.25, 0.3) is 0 Å². The highest BCUT2D eigenvalue weighted by Gasteiger charge is 2.15. The van der Waals surface area contributed by atoms with Crippen LogP contribution in [-0.4, -0.2) is 23.0 Å². The Bertz CT molecular complexity index is 293. The van der Waals surface area contributed by atoms with Crippen LogP contribution in [0.4, 0.5) is 0 Å². The van der Waals surface area contributed by atoms with E-state index >= 15 is 0 Å². The maximum Gasteiger partial charge on any atom is 0.0930 e. The largest absolute Gasteiger partial charge is 0.330 e. The summed E-state index contributed by atoms with van der Waals surface area (Å²) in [5.41, 5.74) is 5.53. The molecule has 0 radical (unpaired) electrons. The summed E-state index contributed by atoms with van der Waals surface area (Å²) in [5.74, 6) is 3.54. The maximum atomic E-state index is 5.53. The van der Waals surface area contributed by atoms with Gasteiger partial charge in [-0.1, -0.05) is 0 Å². The van der Waals surface area contributed by atoms with Crippen LogP contribution < -0.4 is 5.73 Å². The topological polar surface area (TPSA) is 38.9 Å². The first-order valence-electron chi connectivity index (χ1n) is 5.60. The minimum atomic E-state index is 0.737. The molecule has 0 amide bonds. The molecule has 1 aliphatic rings. The Morgan fingerprint density at radius 2 is 2.47 bits per heavy atom. The minimum Gasteiger partial charge on any atom is -0.330 e. The monoisotopic (exact) mass is 242 g/mol. The fraction of sp³-hybridized carbons (Fsp3) is 0.727. The Hall–Kier alpha value is -0.0600. The van der Waals surface area contributed by atoms with E-state index in [4.69, 9.17) is 5.73 Å². The molecule has 1 saturated heterocycles. The number of thioether (sulfide) groups is 1. The normalized spacial score (nSPS) is 21.8. The van der Waals surface area contributed by atoms with Crippen LogP contribution in [0.2, 0.25) is 0 Å². The van der Waals surface area contributed by atoms with E-state index in [0.29, 0.717) is 0 Å². The molecule has 84 valence electrons. The molecule has 2 heterocycles. The van der Waals surface area contributed by atoms with E-state index in [-0.39, 0.29) is 0 Å². The quantitative estimate of drug-likeness (QED) is 0.881. The van der Waals surface area contributed by atoms with Crippen molar-refractivity contribution in [3.8, 4) is 0 Å². The first-order chi connectivity index (χ1) is 7.38.